The van der Waals surface area contributed by atoms with Crippen molar-refractivity contribution in [1.82, 2.24) is 34.2 Å². The summed E-state index contributed by atoms with van der Waals surface area (Å²) in [4.78, 5) is 46.9. The molecule has 5 atom stereocenters. The van der Waals surface area contributed by atoms with Crippen LogP contribution in [0.5, 0.6) is 5.75 Å². The van der Waals surface area contributed by atoms with Crippen LogP contribution in [0.2, 0.25) is 5.02 Å². The van der Waals surface area contributed by atoms with Gasteiger partial charge in [-0.2, -0.15) is 49.6 Å². The number of benzene rings is 3. The van der Waals surface area contributed by atoms with Crippen LogP contribution >= 0.6 is 19.4 Å². The van der Waals surface area contributed by atoms with Gasteiger partial charge in [0.25, 0.3) is 5.92 Å². The van der Waals surface area contributed by atoms with Crippen molar-refractivity contribution in [3.8, 4) is 28.7 Å². The van der Waals surface area contributed by atoms with Crippen molar-refractivity contribution in [3.63, 3.8) is 0 Å². The maximum atomic E-state index is 15.8. The maximum absolute atomic E-state index is 15.8. The first-order chi connectivity index (χ1) is 44.1. The SMILES string of the molecule is Cc1cc(CC(=O)OC(C)(C)C)c(C(C)CC(=O)CN(Cc2nn(CC(F)(F)F)c3c(-c4ccc(C#CC(C)(C)S(C)(=O)=O)nc4[C@H](Cc4cc(F)cc(F)c4)NC(=O)Cn4nc(C(F)(F)F)c5c4C(F)(F)[C@@H]4C[C@H]54)ccc(Cl)c23)S(=O)O)c(OP(=O)(OC(C)C)OC(C)C)c1. The largest absolute Gasteiger partial charge is 0.530 e. The molecule has 2 aliphatic carbocycles. The number of carbonyl (C=O) groups is 3. The van der Waals surface area contributed by atoms with Gasteiger partial charge in [-0.3, -0.25) is 37.3 Å². The molecule has 1 fully saturated rings. The molecule has 2 unspecified atom stereocenters. The number of phosphoric acid groups is 1. The van der Waals surface area contributed by atoms with Crippen LogP contribution in [0.1, 0.15) is 156 Å². The van der Waals surface area contributed by atoms with E-state index < -0.39 is 196 Å². The van der Waals surface area contributed by atoms with Gasteiger partial charge in [0.15, 0.2) is 15.5 Å². The van der Waals surface area contributed by atoms with Gasteiger partial charge in [0.1, 0.15) is 58.0 Å². The van der Waals surface area contributed by atoms with Gasteiger partial charge in [0.2, 0.25) is 17.2 Å². The van der Waals surface area contributed by atoms with Crippen LogP contribution in [0.25, 0.3) is 22.0 Å². The average molecular weight is 1440 g/mol. The van der Waals surface area contributed by atoms with Crippen molar-refractivity contribution in [1.29, 1.82) is 0 Å². The lowest BCUT2D eigenvalue weighted by Crippen LogP contribution is -2.35. The van der Waals surface area contributed by atoms with Crippen LogP contribution in [0, 0.1) is 36.3 Å². The first-order valence-corrected chi connectivity index (χ1v) is 34.6. The number of hydrogen-bond acceptors (Lipinski definition) is 14. The van der Waals surface area contributed by atoms with Crippen molar-refractivity contribution in [2.24, 2.45) is 5.92 Å². The number of pyridine rings is 1. The molecule has 1 amide bonds. The van der Waals surface area contributed by atoms with E-state index in [0.717, 1.165) is 18.4 Å². The van der Waals surface area contributed by atoms with E-state index in [1.807, 2.05) is 0 Å². The lowest BCUT2D eigenvalue weighted by atomic mass is 9.88. The average Bonchev–Trinajstić information content (AvgIpc) is 1.52. The minimum Gasteiger partial charge on any atom is -0.460 e. The second-order valence-electron chi connectivity index (χ2n) is 25.8. The van der Waals surface area contributed by atoms with Crippen LogP contribution in [0.3, 0.4) is 0 Å². The molecule has 8 rings (SSSR count). The van der Waals surface area contributed by atoms with E-state index in [1.54, 1.807) is 68.4 Å². The summed E-state index contributed by atoms with van der Waals surface area (Å²) in [6, 6.07) is 8.17. The molecule has 522 valence electrons. The summed E-state index contributed by atoms with van der Waals surface area (Å²) in [5, 5.41) is 9.48. The summed E-state index contributed by atoms with van der Waals surface area (Å²) in [5.41, 5.74) is -6.02. The van der Waals surface area contributed by atoms with Crippen molar-refractivity contribution in [2.45, 2.75) is 180 Å². The number of aryl methyl sites for hydroxylation is 1. The molecule has 0 aliphatic heterocycles. The highest BCUT2D eigenvalue weighted by Crippen LogP contribution is 2.68. The number of alkyl halides is 8. The van der Waals surface area contributed by atoms with E-state index in [-0.39, 0.29) is 67.2 Å². The molecule has 3 heterocycles. The van der Waals surface area contributed by atoms with E-state index in [2.05, 4.69) is 32.3 Å². The number of phosphoric ester groups is 1. The second kappa shape index (κ2) is 27.9. The molecule has 0 radical (unpaired) electrons. The highest BCUT2D eigenvalue weighted by molar-refractivity contribution is 7.92. The van der Waals surface area contributed by atoms with E-state index in [9.17, 15) is 62.5 Å². The Morgan fingerprint density at radius 2 is 1.54 bits per heavy atom. The number of rotatable bonds is 25. The number of aromatic nitrogens is 5. The lowest BCUT2D eigenvalue weighted by Gasteiger charge is -2.27. The molecule has 0 bridgehead atoms. The Kier molecular flexibility index (Phi) is 21.8. The molecule has 3 aromatic carbocycles. The number of ether oxygens (including phenoxy) is 1. The molecular weight excluding hydrogens is 1370 g/mol. The van der Waals surface area contributed by atoms with Gasteiger partial charge >= 0.3 is 26.1 Å². The molecule has 96 heavy (non-hydrogen) atoms. The minimum absolute atomic E-state index is 0.106. The quantitative estimate of drug-likeness (QED) is 0.0178. The third kappa shape index (κ3) is 17.7. The van der Waals surface area contributed by atoms with Crippen LogP contribution in [0.4, 0.5) is 43.9 Å². The zero-order valence-electron chi connectivity index (χ0n) is 53.9. The van der Waals surface area contributed by atoms with Gasteiger partial charge in [0.05, 0.1) is 59.7 Å². The Balaban J connectivity index is 1.24. The smallest absolute Gasteiger partial charge is 0.460 e. The standard InChI is InChI=1S/C63H69ClF10N7O12PS2/c1-32(2)91-94(85,92-33(3)4)93-49-20-34(5)19-37(25-51(84)90-59(7,8)9)52(49)35(6)21-41(82)28-79(95(86)87)29-48-54-46(64)16-15-43(56(54)81(77-48)31-61(67,68)69)42-14-13-40(17-18-60(10,11)96(12,88)89)75-55(42)47(24-36-22-38(65)26-39(66)23-36)76-50(83)30-80-58-53(57(78-80)63(72,73)74)44-27-45(44)62(58,70)71/h13-16,19-20,22-23,26,32-33,35,44-45,47H,21,24-25,27-31H2,1-12H3,(H,76,83)(H,86,87)/t35?,44-,45+,47-/m0/s1. The van der Waals surface area contributed by atoms with Crippen molar-refractivity contribution < 1.29 is 98.3 Å². The number of ketones is 1. The Morgan fingerprint density at radius 3 is 2.11 bits per heavy atom. The monoisotopic (exact) mass is 1440 g/mol. The Labute approximate surface area is 554 Å². The van der Waals surface area contributed by atoms with Crippen LogP contribution in [-0.4, -0.2) is 105 Å². The summed E-state index contributed by atoms with van der Waals surface area (Å²) >= 11 is 3.74. The van der Waals surface area contributed by atoms with Crippen LogP contribution < -0.4 is 9.84 Å². The molecule has 6 aromatic rings. The molecular formula is C63H69ClF10N7O12PS2. The number of nitrogens with zero attached hydrogens (tertiary/aromatic N) is 6. The molecule has 2 aliphatic rings. The zero-order valence-corrected chi connectivity index (χ0v) is 57.1. The summed E-state index contributed by atoms with van der Waals surface area (Å²) in [7, 11) is -8.40. The van der Waals surface area contributed by atoms with Crippen molar-refractivity contribution >= 4 is 69.1 Å². The van der Waals surface area contributed by atoms with E-state index in [4.69, 9.17) is 29.9 Å². The van der Waals surface area contributed by atoms with E-state index >= 15 is 17.6 Å². The second-order valence-corrected chi connectivity index (χ2v) is 31.2. The number of Topliss-reactive ketones (excluding diaryl/α,β-unsaturated/α-hetero) is 1. The summed E-state index contributed by atoms with van der Waals surface area (Å²) in [5.74, 6) is -7.60. The van der Waals surface area contributed by atoms with Gasteiger partial charge < -0.3 is 14.6 Å². The predicted octanol–water partition coefficient (Wildman–Crippen LogP) is 13.5. The molecule has 0 spiro atoms. The molecule has 1 saturated carbocycles. The molecule has 0 saturated heterocycles. The number of fused-ring (bicyclic) bond motifs is 4. The highest BCUT2D eigenvalue weighted by atomic mass is 35.5. The predicted molar refractivity (Wildman–Crippen MR) is 333 cm³/mol. The Hall–Kier alpha value is -6.78. The van der Waals surface area contributed by atoms with E-state index in [1.165, 1.54) is 44.2 Å². The molecule has 33 heteroatoms. The van der Waals surface area contributed by atoms with Crippen LogP contribution in [0.15, 0.2) is 54.6 Å². The first kappa shape index (κ1) is 75.0. The molecule has 2 N–H and O–H groups in total. The molecule has 3 aromatic heterocycles. The topological polar surface area (TPSA) is 240 Å². The zero-order chi connectivity index (χ0) is 71.5. The number of halogens is 11. The highest BCUT2D eigenvalue weighted by Gasteiger charge is 2.68. The third-order valence-electron chi connectivity index (χ3n) is 15.3. The number of amides is 1. The number of nitrogens with one attached hydrogen (secondary N) is 1. The number of carbonyl (C=O) groups excluding carboxylic acids is 3. The van der Waals surface area contributed by atoms with Gasteiger partial charge in [-0.25, -0.2) is 31.0 Å². The fourth-order valence-electron chi connectivity index (χ4n) is 11.4. The fourth-order valence-corrected chi connectivity index (χ4v) is 13.9. The van der Waals surface area contributed by atoms with Crippen molar-refractivity contribution in [2.75, 3.05) is 12.8 Å². The van der Waals surface area contributed by atoms with Crippen LogP contribution in [-0.2, 0) is 98.4 Å². The maximum Gasteiger partial charge on any atom is 0.530 e. The Bertz CT molecular complexity index is 4260. The van der Waals surface area contributed by atoms with E-state index in [0.29, 0.717) is 20.6 Å². The van der Waals surface area contributed by atoms with Gasteiger partial charge in [0, 0.05) is 52.3 Å². The third-order valence-corrected chi connectivity index (χ3v) is 20.1. The van der Waals surface area contributed by atoms with Crippen molar-refractivity contribution in [3.05, 3.63) is 128 Å². The van der Waals surface area contributed by atoms with Gasteiger partial charge in [-0.15, -0.1) is 0 Å². The number of sulfone groups is 1. The number of esters is 1. The number of hydrogen-bond donors (Lipinski definition) is 2. The first-order valence-electron chi connectivity index (χ1n) is 29.8. The Morgan fingerprint density at radius 1 is 0.917 bits per heavy atom. The molecule has 19 nitrogen and oxygen atoms in total. The fraction of sp³-hybridized carbons (Fsp3) is 0.492. The normalized spacial score (nSPS) is 16.7. The van der Waals surface area contributed by atoms with Gasteiger partial charge in [-0.05, 0) is 153 Å². The minimum atomic E-state index is -5.25. The van der Waals surface area contributed by atoms with Gasteiger partial charge in [-0.1, -0.05) is 36.6 Å². The lowest BCUT2D eigenvalue weighted by molar-refractivity contribution is -0.154. The summed E-state index contributed by atoms with van der Waals surface area (Å²) < 4.78 is 236. The summed E-state index contributed by atoms with van der Waals surface area (Å²) in [6.07, 6.45) is -12.7. The summed E-state index contributed by atoms with van der Waals surface area (Å²) in [6.45, 7) is 11.9.